The first-order valence-corrected chi connectivity index (χ1v) is 8.74. The molecular formula is C14H25N3O2S. The van der Waals surface area contributed by atoms with Crippen LogP contribution in [0, 0.1) is 0 Å². The predicted octanol–water partition coefficient (Wildman–Crippen LogP) is 1.32. The van der Waals surface area contributed by atoms with Gasteiger partial charge >= 0.3 is 0 Å². The molecule has 0 saturated carbocycles. The van der Waals surface area contributed by atoms with E-state index in [4.69, 9.17) is 0 Å². The van der Waals surface area contributed by atoms with Crippen molar-refractivity contribution in [3.8, 4) is 0 Å². The summed E-state index contributed by atoms with van der Waals surface area (Å²) in [5, 5.41) is 3.28. The minimum Gasteiger partial charge on any atom is -0.315 e. The summed E-state index contributed by atoms with van der Waals surface area (Å²) in [4.78, 5) is 3.93. The van der Waals surface area contributed by atoms with Crippen LogP contribution in [0.25, 0.3) is 0 Å². The molecule has 0 fully saturated rings. The van der Waals surface area contributed by atoms with Crippen molar-refractivity contribution in [3.05, 3.63) is 30.1 Å². The average Bonchev–Trinajstić information content (AvgIpc) is 2.39. The van der Waals surface area contributed by atoms with E-state index < -0.39 is 10.0 Å². The Bertz CT molecular complexity index is 461. The van der Waals surface area contributed by atoms with E-state index in [9.17, 15) is 8.42 Å². The molecule has 0 radical (unpaired) electrons. The molecule has 0 atom stereocenters. The zero-order chi connectivity index (χ0) is 14.8. The molecule has 0 unspecified atom stereocenters. The quantitative estimate of drug-likeness (QED) is 0.639. The second-order valence-corrected chi connectivity index (χ2v) is 7.06. The number of pyridine rings is 1. The van der Waals surface area contributed by atoms with Gasteiger partial charge < -0.3 is 5.32 Å². The monoisotopic (exact) mass is 299 g/mol. The molecule has 1 rings (SSSR count). The Balaban J connectivity index is 2.15. The maximum Gasteiger partial charge on any atom is 0.211 e. The summed E-state index contributed by atoms with van der Waals surface area (Å²) in [6.07, 6.45) is 5.68. The molecule has 0 amide bonds. The van der Waals surface area contributed by atoms with E-state index in [0.717, 1.165) is 18.5 Å². The lowest BCUT2D eigenvalue weighted by Crippen LogP contribution is -2.29. The fourth-order valence-corrected chi connectivity index (χ4v) is 2.92. The van der Waals surface area contributed by atoms with E-state index in [1.54, 1.807) is 12.4 Å². The number of hydrogen-bond acceptors (Lipinski definition) is 4. The first-order valence-electron chi connectivity index (χ1n) is 7.09. The van der Waals surface area contributed by atoms with Gasteiger partial charge in [0.15, 0.2) is 0 Å². The number of aromatic nitrogens is 1. The van der Waals surface area contributed by atoms with E-state index in [0.29, 0.717) is 25.4 Å². The third-order valence-electron chi connectivity index (χ3n) is 2.88. The maximum atomic E-state index is 11.8. The van der Waals surface area contributed by atoms with Gasteiger partial charge in [0.2, 0.25) is 10.0 Å². The van der Waals surface area contributed by atoms with Crippen molar-refractivity contribution in [2.75, 3.05) is 18.8 Å². The Labute approximate surface area is 122 Å². The maximum absolute atomic E-state index is 11.8. The summed E-state index contributed by atoms with van der Waals surface area (Å²) in [6.45, 7) is 5.47. The zero-order valence-corrected chi connectivity index (χ0v) is 13.1. The van der Waals surface area contributed by atoms with Crippen molar-refractivity contribution in [1.82, 2.24) is 15.0 Å². The van der Waals surface area contributed by atoms with E-state index in [-0.39, 0.29) is 5.75 Å². The average molecular weight is 299 g/mol. The van der Waals surface area contributed by atoms with Gasteiger partial charge in [-0.05, 0) is 43.5 Å². The van der Waals surface area contributed by atoms with Gasteiger partial charge in [-0.2, -0.15) is 0 Å². The molecule has 1 aromatic heterocycles. The van der Waals surface area contributed by atoms with Gasteiger partial charge in [-0.1, -0.05) is 13.8 Å². The summed E-state index contributed by atoms with van der Waals surface area (Å²) in [7, 11) is -3.15. The molecule has 0 aromatic carbocycles. The van der Waals surface area contributed by atoms with Gasteiger partial charge in [0.25, 0.3) is 0 Å². The number of rotatable bonds is 10. The van der Waals surface area contributed by atoms with Crippen LogP contribution in [0.4, 0.5) is 0 Å². The van der Waals surface area contributed by atoms with Crippen molar-refractivity contribution in [1.29, 1.82) is 0 Å². The second kappa shape index (κ2) is 9.05. The number of sulfonamides is 1. The Kier molecular flexibility index (Phi) is 7.72. The molecule has 0 spiro atoms. The summed E-state index contributed by atoms with van der Waals surface area (Å²) >= 11 is 0. The van der Waals surface area contributed by atoms with Crippen LogP contribution in [-0.4, -0.2) is 38.3 Å². The van der Waals surface area contributed by atoms with Crippen molar-refractivity contribution in [2.45, 2.75) is 39.2 Å². The number of nitrogens with zero attached hydrogens (tertiary/aromatic N) is 1. The van der Waals surface area contributed by atoms with Gasteiger partial charge in [0, 0.05) is 25.0 Å². The zero-order valence-electron chi connectivity index (χ0n) is 12.3. The van der Waals surface area contributed by atoms with Crippen LogP contribution >= 0.6 is 0 Å². The van der Waals surface area contributed by atoms with Crippen LogP contribution in [0.1, 0.15) is 32.3 Å². The first-order chi connectivity index (χ1) is 9.49. The summed E-state index contributed by atoms with van der Waals surface area (Å²) < 4.78 is 26.2. The first kappa shape index (κ1) is 17.1. The fraction of sp³-hybridized carbons (Fsp3) is 0.643. The Morgan fingerprint density at radius 3 is 2.50 bits per heavy atom. The molecular weight excluding hydrogens is 274 g/mol. The van der Waals surface area contributed by atoms with Crippen molar-refractivity contribution < 1.29 is 8.42 Å². The minimum atomic E-state index is -3.15. The SMILES string of the molecule is CC(C)NCCCCS(=O)(=O)NCCc1ccncc1. The van der Waals surface area contributed by atoms with Crippen LogP contribution < -0.4 is 10.0 Å². The Morgan fingerprint density at radius 2 is 1.85 bits per heavy atom. The van der Waals surface area contributed by atoms with Crippen LogP contribution in [0.3, 0.4) is 0 Å². The molecule has 0 aliphatic rings. The third-order valence-corrected chi connectivity index (χ3v) is 4.35. The topological polar surface area (TPSA) is 71.1 Å². The van der Waals surface area contributed by atoms with E-state index >= 15 is 0 Å². The predicted molar refractivity (Wildman–Crippen MR) is 82.1 cm³/mol. The lowest BCUT2D eigenvalue weighted by molar-refractivity contribution is 0.555. The molecule has 6 heteroatoms. The summed E-state index contributed by atoms with van der Waals surface area (Å²) in [6, 6.07) is 4.24. The van der Waals surface area contributed by atoms with Crippen LogP contribution in [0.5, 0.6) is 0 Å². The number of unbranched alkanes of at least 4 members (excludes halogenated alkanes) is 1. The highest BCUT2D eigenvalue weighted by Crippen LogP contribution is 1.98. The molecule has 20 heavy (non-hydrogen) atoms. The van der Waals surface area contributed by atoms with Crippen LogP contribution in [0.15, 0.2) is 24.5 Å². The van der Waals surface area contributed by atoms with E-state index in [2.05, 4.69) is 28.9 Å². The van der Waals surface area contributed by atoms with Crippen molar-refractivity contribution in [3.63, 3.8) is 0 Å². The van der Waals surface area contributed by atoms with Gasteiger partial charge in [-0.3, -0.25) is 4.98 Å². The molecule has 114 valence electrons. The van der Waals surface area contributed by atoms with Gasteiger partial charge in [0.05, 0.1) is 5.75 Å². The van der Waals surface area contributed by atoms with Gasteiger partial charge in [0.1, 0.15) is 0 Å². The summed E-state index contributed by atoms with van der Waals surface area (Å²) in [5.74, 6) is 0.198. The highest BCUT2D eigenvalue weighted by molar-refractivity contribution is 7.89. The van der Waals surface area contributed by atoms with Crippen LogP contribution in [-0.2, 0) is 16.4 Å². The Morgan fingerprint density at radius 1 is 1.15 bits per heavy atom. The largest absolute Gasteiger partial charge is 0.315 e. The van der Waals surface area contributed by atoms with Crippen molar-refractivity contribution >= 4 is 10.0 Å². The summed E-state index contributed by atoms with van der Waals surface area (Å²) in [5.41, 5.74) is 1.09. The highest BCUT2D eigenvalue weighted by Gasteiger charge is 2.08. The molecule has 1 aromatic rings. The Hall–Kier alpha value is -0.980. The normalized spacial score (nSPS) is 11.9. The van der Waals surface area contributed by atoms with Gasteiger partial charge in [-0.25, -0.2) is 13.1 Å². The number of hydrogen-bond donors (Lipinski definition) is 2. The smallest absolute Gasteiger partial charge is 0.211 e. The molecule has 5 nitrogen and oxygen atoms in total. The molecule has 0 bridgehead atoms. The lowest BCUT2D eigenvalue weighted by Gasteiger charge is -2.09. The molecule has 1 heterocycles. The molecule has 0 aliphatic carbocycles. The molecule has 0 saturated heterocycles. The highest BCUT2D eigenvalue weighted by atomic mass is 32.2. The second-order valence-electron chi connectivity index (χ2n) is 5.13. The molecule has 0 aliphatic heterocycles. The number of nitrogens with one attached hydrogen (secondary N) is 2. The van der Waals surface area contributed by atoms with E-state index in [1.165, 1.54) is 0 Å². The lowest BCUT2D eigenvalue weighted by atomic mass is 10.2. The van der Waals surface area contributed by atoms with E-state index in [1.807, 2.05) is 12.1 Å². The standard InChI is InChI=1S/C14H25N3O2S/c1-13(2)16-8-3-4-12-20(18,19)17-11-7-14-5-9-15-10-6-14/h5-6,9-10,13,16-17H,3-4,7-8,11-12H2,1-2H3. The minimum absolute atomic E-state index is 0.198. The van der Waals surface area contributed by atoms with Gasteiger partial charge in [-0.15, -0.1) is 0 Å². The van der Waals surface area contributed by atoms with Crippen LogP contribution in [0.2, 0.25) is 0 Å². The fourth-order valence-electron chi connectivity index (χ4n) is 1.78. The third kappa shape index (κ3) is 8.24. The molecule has 2 N–H and O–H groups in total. The van der Waals surface area contributed by atoms with Crippen molar-refractivity contribution in [2.24, 2.45) is 0 Å².